The minimum Gasteiger partial charge on any atom is -0.370 e. The topological polar surface area (TPSA) is 70.9 Å². The van der Waals surface area contributed by atoms with Crippen molar-refractivity contribution in [2.24, 2.45) is 0 Å². The summed E-state index contributed by atoms with van der Waals surface area (Å²) < 4.78 is 16.6. The van der Waals surface area contributed by atoms with Gasteiger partial charge in [0.15, 0.2) is 5.82 Å². The van der Waals surface area contributed by atoms with Crippen LogP contribution in [-0.2, 0) is 0 Å². The number of hydrogen-bond donors (Lipinski definition) is 2. The number of halogens is 1. The Kier molecular flexibility index (Phi) is 5.67. The maximum atomic E-state index is 14.6. The Balaban J connectivity index is 1.60. The summed E-state index contributed by atoms with van der Waals surface area (Å²) in [5.74, 6) is 0.712. The van der Waals surface area contributed by atoms with E-state index in [-0.39, 0.29) is 11.7 Å². The molecule has 0 aliphatic carbocycles. The number of benzene rings is 1. The SMILES string of the molecule is CN[C@H]1CCN(c2cccc(Nc3ncc(F)c(-c4cnc(C)n4C(C)C)n3)c2)C1. The average molecular weight is 410 g/mol. The van der Waals surface area contributed by atoms with Gasteiger partial charge in [0.25, 0.3) is 0 Å². The molecule has 0 spiro atoms. The summed E-state index contributed by atoms with van der Waals surface area (Å²) in [5, 5.41) is 6.56. The van der Waals surface area contributed by atoms with Gasteiger partial charge in [0, 0.05) is 36.5 Å². The van der Waals surface area contributed by atoms with Crippen molar-refractivity contribution in [2.45, 2.75) is 39.3 Å². The molecule has 1 aliphatic heterocycles. The molecule has 7 nitrogen and oxygen atoms in total. The van der Waals surface area contributed by atoms with Crippen LogP contribution in [0.1, 0.15) is 32.1 Å². The van der Waals surface area contributed by atoms with Gasteiger partial charge < -0.3 is 20.1 Å². The van der Waals surface area contributed by atoms with Crippen LogP contribution in [0.15, 0.2) is 36.7 Å². The summed E-state index contributed by atoms with van der Waals surface area (Å²) >= 11 is 0. The first-order chi connectivity index (χ1) is 14.5. The smallest absolute Gasteiger partial charge is 0.227 e. The molecule has 1 atom stereocenters. The lowest BCUT2D eigenvalue weighted by atomic mass is 10.2. The van der Waals surface area contributed by atoms with E-state index in [2.05, 4.69) is 42.6 Å². The molecule has 1 saturated heterocycles. The normalized spacial score (nSPS) is 16.5. The first kappa shape index (κ1) is 20.3. The molecule has 0 radical (unpaired) electrons. The first-order valence-electron chi connectivity index (χ1n) is 10.3. The monoisotopic (exact) mass is 409 g/mol. The van der Waals surface area contributed by atoms with Gasteiger partial charge >= 0.3 is 0 Å². The van der Waals surface area contributed by atoms with E-state index in [0.29, 0.717) is 17.7 Å². The summed E-state index contributed by atoms with van der Waals surface area (Å²) in [6, 6.07) is 8.80. The van der Waals surface area contributed by atoms with Gasteiger partial charge in [-0.25, -0.2) is 19.3 Å². The van der Waals surface area contributed by atoms with E-state index in [1.54, 1.807) is 6.20 Å². The lowest BCUT2D eigenvalue weighted by molar-refractivity contribution is 0.578. The van der Waals surface area contributed by atoms with Gasteiger partial charge in [-0.2, -0.15) is 0 Å². The van der Waals surface area contributed by atoms with Crippen LogP contribution in [0.25, 0.3) is 11.4 Å². The molecule has 2 aromatic heterocycles. The second kappa shape index (κ2) is 8.39. The van der Waals surface area contributed by atoms with Crippen molar-refractivity contribution >= 4 is 17.3 Å². The molecule has 0 amide bonds. The molecule has 2 N–H and O–H groups in total. The van der Waals surface area contributed by atoms with Crippen LogP contribution in [-0.4, -0.2) is 45.7 Å². The molecule has 30 heavy (non-hydrogen) atoms. The van der Waals surface area contributed by atoms with Crippen LogP contribution in [0.5, 0.6) is 0 Å². The van der Waals surface area contributed by atoms with Crippen molar-refractivity contribution in [2.75, 3.05) is 30.4 Å². The van der Waals surface area contributed by atoms with E-state index in [4.69, 9.17) is 0 Å². The fourth-order valence-corrected chi connectivity index (χ4v) is 4.03. The minimum atomic E-state index is -0.466. The zero-order valence-corrected chi connectivity index (χ0v) is 17.9. The third-order valence-corrected chi connectivity index (χ3v) is 5.55. The average Bonchev–Trinajstić information content (AvgIpc) is 3.36. The Morgan fingerprint density at radius 1 is 1.20 bits per heavy atom. The molecule has 1 fully saturated rings. The van der Waals surface area contributed by atoms with E-state index in [0.717, 1.165) is 36.7 Å². The fraction of sp³-hybridized carbons (Fsp3) is 0.409. The molecule has 0 saturated carbocycles. The number of nitrogens with one attached hydrogen (secondary N) is 2. The van der Waals surface area contributed by atoms with E-state index < -0.39 is 5.82 Å². The molecule has 158 valence electrons. The Labute approximate surface area is 176 Å². The van der Waals surface area contributed by atoms with Gasteiger partial charge in [-0.3, -0.25) is 0 Å². The lowest BCUT2D eigenvalue weighted by Crippen LogP contribution is -2.29. The van der Waals surface area contributed by atoms with E-state index in [1.807, 2.05) is 44.5 Å². The van der Waals surface area contributed by atoms with Crippen LogP contribution in [0.3, 0.4) is 0 Å². The van der Waals surface area contributed by atoms with Crippen LogP contribution in [0, 0.1) is 12.7 Å². The number of likely N-dealkylation sites (N-methyl/N-ethyl adjacent to an activating group) is 1. The Morgan fingerprint density at radius 3 is 2.77 bits per heavy atom. The van der Waals surface area contributed by atoms with E-state index >= 15 is 0 Å². The number of hydrogen-bond acceptors (Lipinski definition) is 6. The van der Waals surface area contributed by atoms with Crippen molar-refractivity contribution in [3.8, 4) is 11.4 Å². The Bertz CT molecular complexity index is 1030. The van der Waals surface area contributed by atoms with Crippen molar-refractivity contribution in [3.63, 3.8) is 0 Å². The fourth-order valence-electron chi connectivity index (χ4n) is 4.03. The number of aromatic nitrogens is 4. The van der Waals surface area contributed by atoms with Crippen LogP contribution >= 0.6 is 0 Å². The number of aryl methyl sites for hydroxylation is 1. The lowest BCUT2D eigenvalue weighted by Gasteiger charge is -2.19. The molecule has 1 aromatic carbocycles. The highest BCUT2D eigenvalue weighted by Crippen LogP contribution is 2.28. The van der Waals surface area contributed by atoms with Gasteiger partial charge in [0.1, 0.15) is 11.5 Å². The number of anilines is 3. The second-order valence-corrected chi connectivity index (χ2v) is 7.94. The summed E-state index contributed by atoms with van der Waals surface area (Å²) in [6.07, 6.45) is 4.00. The quantitative estimate of drug-likeness (QED) is 0.643. The van der Waals surface area contributed by atoms with Gasteiger partial charge in [0.05, 0.1) is 18.1 Å². The molecular formula is C22H28FN7. The number of nitrogens with zero attached hydrogens (tertiary/aromatic N) is 5. The predicted molar refractivity (Wildman–Crippen MR) is 118 cm³/mol. The molecule has 0 unspecified atom stereocenters. The zero-order chi connectivity index (χ0) is 21.3. The highest BCUT2D eigenvalue weighted by Gasteiger charge is 2.21. The van der Waals surface area contributed by atoms with Gasteiger partial charge in [0.2, 0.25) is 5.95 Å². The molecule has 4 rings (SSSR count). The third-order valence-electron chi connectivity index (χ3n) is 5.55. The Hall–Kier alpha value is -3.00. The summed E-state index contributed by atoms with van der Waals surface area (Å²) in [6.45, 7) is 7.99. The third kappa shape index (κ3) is 4.00. The summed E-state index contributed by atoms with van der Waals surface area (Å²) in [7, 11) is 2.00. The van der Waals surface area contributed by atoms with Gasteiger partial charge in [-0.05, 0) is 52.4 Å². The summed E-state index contributed by atoms with van der Waals surface area (Å²) in [5.41, 5.74) is 2.91. The van der Waals surface area contributed by atoms with Crippen molar-refractivity contribution in [1.82, 2.24) is 24.8 Å². The largest absolute Gasteiger partial charge is 0.370 e. The standard InChI is InChI=1S/C22H28FN7/c1-14(2)30-15(3)25-12-20(30)21-19(23)11-26-22(28-21)27-16-6-5-7-18(10-16)29-9-8-17(13-29)24-4/h5-7,10-12,14,17,24H,8-9,13H2,1-4H3,(H,26,27,28)/t17-/m0/s1. The second-order valence-electron chi connectivity index (χ2n) is 7.94. The number of imidazole rings is 1. The highest BCUT2D eigenvalue weighted by atomic mass is 19.1. The van der Waals surface area contributed by atoms with Gasteiger partial charge in [-0.1, -0.05) is 6.07 Å². The first-order valence-corrected chi connectivity index (χ1v) is 10.3. The zero-order valence-electron chi connectivity index (χ0n) is 17.9. The predicted octanol–water partition coefficient (Wildman–Crippen LogP) is 3.91. The highest BCUT2D eigenvalue weighted by molar-refractivity contribution is 5.64. The maximum absolute atomic E-state index is 14.6. The van der Waals surface area contributed by atoms with Crippen molar-refractivity contribution < 1.29 is 4.39 Å². The molecular weight excluding hydrogens is 381 g/mol. The molecule has 8 heteroatoms. The van der Waals surface area contributed by atoms with Crippen LogP contribution in [0.2, 0.25) is 0 Å². The molecule has 3 aromatic rings. The van der Waals surface area contributed by atoms with E-state index in [1.165, 1.54) is 6.20 Å². The van der Waals surface area contributed by atoms with Crippen molar-refractivity contribution in [3.05, 3.63) is 48.3 Å². The van der Waals surface area contributed by atoms with Crippen LogP contribution < -0.4 is 15.5 Å². The molecule has 3 heterocycles. The minimum absolute atomic E-state index is 0.145. The Morgan fingerprint density at radius 2 is 2.03 bits per heavy atom. The molecule has 1 aliphatic rings. The summed E-state index contributed by atoms with van der Waals surface area (Å²) in [4.78, 5) is 15.3. The van der Waals surface area contributed by atoms with E-state index in [9.17, 15) is 4.39 Å². The maximum Gasteiger partial charge on any atom is 0.227 e. The van der Waals surface area contributed by atoms with Gasteiger partial charge in [-0.15, -0.1) is 0 Å². The number of rotatable bonds is 6. The molecule has 0 bridgehead atoms. The van der Waals surface area contributed by atoms with Crippen molar-refractivity contribution in [1.29, 1.82) is 0 Å². The van der Waals surface area contributed by atoms with Crippen LogP contribution in [0.4, 0.5) is 21.7 Å².